The second-order valence-electron chi connectivity index (χ2n) is 16.0. The lowest BCUT2D eigenvalue weighted by atomic mass is 9.81. The molecule has 250 valence electrons. The van der Waals surface area contributed by atoms with Crippen LogP contribution >= 0.6 is 0 Å². The number of benzene rings is 1. The third-order valence-electron chi connectivity index (χ3n) is 10.5. The Kier molecular flexibility index (Phi) is 13.8. The Hall–Kier alpha value is -2.11. The smallest absolute Gasteiger partial charge is 0.414 e. The van der Waals surface area contributed by atoms with Crippen molar-refractivity contribution in [3.63, 3.8) is 0 Å². The highest BCUT2D eigenvalue weighted by molar-refractivity contribution is 6.74. The summed E-state index contributed by atoms with van der Waals surface area (Å²) in [7, 11) is -2.09. The highest BCUT2D eigenvalue weighted by Gasteiger charge is 2.46. The fourth-order valence-electron chi connectivity index (χ4n) is 6.18. The Labute approximate surface area is 270 Å². The first-order chi connectivity index (χ1) is 20.3. The predicted molar refractivity (Wildman–Crippen MR) is 185 cm³/mol. The molecule has 1 aliphatic heterocycles. The van der Waals surface area contributed by atoms with Crippen LogP contribution < -0.4 is 9.16 Å². The van der Waals surface area contributed by atoms with Gasteiger partial charge in [0.2, 0.25) is 0 Å². The fraction of sp³-hybridized carbons (Fsp3) is 0.784. The Morgan fingerprint density at radius 2 is 1.52 bits per heavy atom. The summed E-state index contributed by atoms with van der Waals surface area (Å²) >= 11 is 0. The molecule has 0 saturated heterocycles. The number of rotatable bonds is 16. The minimum atomic E-state index is -2.09. The zero-order chi connectivity index (χ0) is 33.5. The number of carbonyl (C=O) groups excluding carboxylic acids is 1. The monoisotopic (exact) mass is 628 g/mol. The quantitative estimate of drug-likeness (QED) is 0.0600. The molecule has 0 spiro atoms. The topological polar surface area (TPSA) is 81.2 Å². The Morgan fingerprint density at radius 3 is 2.05 bits per heavy atom. The highest BCUT2D eigenvalue weighted by Crippen LogP contribution is 2.48. The van der Waals surface area contributed by atoms with Crippen LogP contribution in [0.25, 0.3) is 5.53 Å². The van der Waals surface area contributed by atoms with E-state index >= 15 is 0 Å². The molecule has 1 aromatic carbocycles. The zero-order valence-corrected chi connectivity index (χ0v) is 31.5. The van der Waals surface area contributed by atoms with Crippen LogP contribution in [0, 0.1) is 38.5 Å². The maximum absolute atomic E-state index is 12.5. The molecule has 0 aromatic heterocycles. The Bertz CT molecular complexity index is 1170. The number of ether oxygens (including phenoxy) is 2. The highest BCUT2D eigenvalue weighted by atomic mass is 28.4. The van der Waals surface area contributed by atoms with Gasteiger partial charge >= 0.3 is 12.2 Å². The van der Waals surface area contributed by atoms with Gasteiger partial charge in [-0.2, -0.15) is 4.79 Å². The summed E-state index contributed by atoms with van der Waals surface area (Å²) in [5, 5.41) is 0.0648. The molecule has 0 aliphatic carbocycles. The number of carbonyl (C=O) groups is 1. The molecule has 0 amide bonds. The lowest BCUT2D eigenvalue weighted by Crippen LogP contribution is -2.52. The molecule has 0 bridgehead atoms. The van der Waals surface area contributed by atoms with Crippen LogP contribution in [0.1, 0.15) is 135 Å². The van der Waals surface area contributed by atoms with Crippen molar-refractivity contribution in [2.45, 2.75) is 170 Å². The van der Waals surface area contributed by atoms with E-state index in [2.05, 4.69) is 94.0 Å². The van der Waals surface area contributed by atoms with E-state index < -0.39 is 26.0 Å². The van der Waals surface area contributed by atoms with E-state index in [1.807, 2.05) is 0 Å². The second-order valence-corrected chi connectivity index (χ2v) is 20.7. The molecule has 4 atom stereocenters. The number of hydrogen-bond donors (Lipinski definition) is 0. The van der Waals surface area contributed by atoms with Crippen LogP contribution in [0.5, 0.6) is 11.5 Å². The van der Waals surface area contributed by atoms with Gasteiger partial charge in [0.25, 0.3) is 8.32 Å². The molecule has 1 heterocycles. The summed E-state index contributed by atoms with van der Waals surface area (Å²) in [4.78, 5) is 15.4. The van der Waals surface area contributed by atoms with Crippen molar-refractivity contribution in [1.82, 2.24) is 0 Å². The summed E-state index contributed by atoms with van der Waals surface area (Å²) in [5.41, 5.74) is 12.6. The molecule has 0 N–H and O–H groups in total. The third kappa shape index (κ3) is 10.2. The van der Waals surface area contributed by atoms with Crippen LogP contribution in [0.4, 0.5) is 0 Å². The standard InChI is InChI=1S/C37H64N2O4Si/c1-25(2)17-14-18-26(3)19-15-20-27(4)21-16-22-37(11)32(41-33(40)24-39-38)23-31-30(7)34(28(5)29(6)35(31)42-37)43-44(12,13)36(8,9)10/h24-27,32H,14-23H2,1-13H3/t26-,27-,32-,37-/m1/s1. The van der Waals surface area contributed by atoms with Gasteiger partial charge in [-0.3, -0.25) is 0 Å². The predicted octanol–water partition coefficient (Wildman–Crippen LogP) is 10.3. The van der Waals surface area contributed by atoms with Crippen LogP contribution in [-0.4, -0.2) is 37.0 Å². The summed E-state index contributed by atoms with van der Waals surface area (Å²) < 4.78 is 19.7. The van der Waals surface area contributed by atoms with E-state index in [-0.39, 0.29) is 5.04 Å². The molecule has 1 aromatic rings. The third-order valence-corrected chi connectivity index (χ3v) is 14.9. The van der Waals surface area contributed by atoms with Gasteiger partial charge in [0, 0.05) is 12.0 Å². The van der Waals surface area contributed by atoms with Crippen molar-refractivity contribution >= 4 is 20.5 Å². The molecule has 7 heteroatoms. The van der Waals surface area contributed by atoms with Gasteiger partial charge in [0.05, 0.1) is 0 Å². The van der Waals surface area contributed by atoms with Crippen molar-refractivity contribution in [2.24, 2.45) is 17.8 Å². The van der Waals surface area contributed by atoms with Gasteiger partial charge < -0.3 is 19.4 Å². The van der Waals surface area contributed by atoms with Crippen LogP contribution in [-0.2, 0) is 16.0 Å². The van der Waals surface area contributed by atoms with E-state index in [4.69, 9.17) is 19.4 Å². The molecule has 2 rings (SSSR count). The Balaban J connectivity index is 2.20. The average Bonchev–Trinajstić information content (AvgIpc) is 2.90. The van der Waals surface area contributed by atoms with Gasteiger partial charge in [0.15, 0.2) is 0 Å². The van der Waals surface area contributed by atoms with Crippen molar-refractivity contribution in [2.75, 3.05) is 0 Å². The summed E-state index contributed by atoms with van der Waals surface area (Å²) in [5.74, 6) is 3.41. The summed E-state index contributed by atoms with van der Waals surface area (Å²) in [6.45, 7) is 29.1. The Morgan fingerprint density at radius 1 is 0.977 bits per heavy atom. The van der Waals surface area contributed by atoms with Gasteiger partial charge in [-0.05, 0) is 93.1 Å². The van der Waals surface area contributed by atoms with Gasteiger partial charge in [-0.15, -0.1) is 0 Å². The molecule has 1 aliphatic rings. The normalized spacial score (nSPS) is 19.9. The maximum Gasteiger partial charge on any atom is 0.414 e. The van der Waals surface area contributed by atoms with Gasteiger partial charge in [0.1, 0.15) is 23.2 Å². The van der Waals surface area contributed by atoms with Gasteiger partial charge in [-0.1, -0.05) is 93.4 Å². The molecular weight excluding hydrogens is 565 g/mol. The fourth-order valence-corrected chi connectivity index (χ4v) is 7.30. The molecular formula is C37H64N2O4Si. The molecule has 6 nitrogen and oxygen atoms in total. The van der Waals surface area contributed by atoms with Crippen molar-refractivity contribution < 1.29 is 23.5 Å². The van der Waals surface area contributed by atoms with Crippen LogP contribution in [0.15, 0.2) is 0 Å². The summed E-state index contributed by atoms with van der Waals surface area (Å²) in [6.07, 6.45) is 11.6. The largest absolute Gasteiger partial charge is 0.543 e. The van der Waals surface area contributed by atoms with Crippen molar-refractivity contribution in [3.05, 3.63) is 27.8 Å². The summed E-state index contributed by atoms with van der Waals surface area (Å²) in [6, 6.07) is 0. The van der Waals surface area contributed by atoms with Gasteiger partial charge in [-0.25, -0.2) is 4.79 Å². The van der Waals surface area contributed by atoms with E-state index in [1.54, 1.807) is 0 Å². The van der Waals surface area contributed by atoms with E-state index in [0.717, 1.165) is 71.1 Å². The number of nitrogens with zero attached hydrogens (tertiary/aromatic N) is 2. The zero-order valence-electron chi connectivity index (χ0n) is 30.5. The first-order valence-corrected chi connectivity index (χ1v) is 20.1. The minimum Gasteiger partial charge on any atom is -0.543 e. The van der Waals surface area contributed by atoms with E-state index in [0.29, 0.717) is 12.3 Å². The molecule has 44 heavy (non-hydrogen) atoms. The second kappa shape index (κ2) is 15.9. The van der Waals surface area contributed by atoms with E-state index in [9.17, 15) is 4.79 Å². The lowest BCUT2D eigenvalue weighted by Gasteiger charge is -2.44. The van der Waals surface area contributed by atoms with E-state index in [1.165, 1.54) is 38.5 Å². The number of fused-ring (bicyclic) bond motifs is 1. The maximum atomic E-state index is 12.5. The molecule has 0 radical (unpaired) electrons. The number of esters is 1. The molecule has 0 unspecified atom stereocenters. The van der Waals surface area contributed by atoms with Crippen molar-refractivity contribution in [3.8, 4) is 11.5 Å². The minimum absolute atomic E-state index is 0.0648. The first kappa shape index (κ1) is 38.1. The van der Waals surface area contributed by atoms with Crippen LogP contribution in [0.3, 0.4) is 0 Å². The average molecular weight is 629 g/mol. The van der Waals surface area contributed by atoms with Crippen molar-refractivity contribution in [1.29, 1.82) is 0 Å². The van der Waals surface area contributed by atoms with Crippen LogP contribution in [0.2, 0.25) is 18.1 Å². The molecule has 0 saturated carbocycles. The SMILES string of the molecule is Cc1c(C)c2c(c(C)c1O[Si](C)(C)C(C)(C)C)C[C@@H](OC(=O)C=[N+]=[N-])[C@@](C)(CCC[C@H](C)CCC[C@H](C)CCCC(C)C)O2. The molecule has 0 fully saturated rings. The first-order valence-electron chi connectivity index (χ1n) is 17.2. The lowest BCUT2D eigenvalue weighted by molar-refractivity contribution is -0.158. The number of hydrogen-bond acceptors (Lipinski definition) is 4.